The Morgan fingerprint density at radius 1 is 1.10 bits per heavy atom. The van der Waals surface area contributed by atoms with Crippen molar-refractivity contribution in [3.8, 4) is 0 Å². The Kier molecular flexibility index (Phi) is 6.23. The second-order valence-corrected chi connectivity index (χ2v) is 8.76. The number of carbonyl (C=O) groups excluding carboxylic acids is 1. The molecule has 0 bridgehead atoms. The highest BCUT2D eigenvalue weighted by Crippen LogP contribution is 2.26. The maximum absolute atomic E-state index is 13.5. The van der Waals surface area contributed by atoms with Crippen LogP contribution in [0.3, 0.4) is 0 Å². The maximum Gasteiger partial charge on any atom is 0.306 e. The molecule has 0 radical (unpaired) electrons. The van der Waals surface area contributed by atoms with Gasteiger partial charge in [-0.25, -0.2) is 8.42 Å². The fourth-order valence-electron chi connectivity index (χ4n) is 2.70. The number of halogens is 2. The van der Waals surface area contributed by atoms with Crippen molar-refractivity contribution in [2.24, 2.45) is 0 Å². The SMILES string of the molecule is CN(c1cccc(Cl)c1)S(=O)(=O)c1cccc(C(=O)Nc2ccc(F)c([N+](=O)[O-])c2)c1. The molecule has 31 heavy (non-hydrogen) atoms. The van der Waals surface area contributed by atoms with Crippen molar-refractivity contribution in [3.63, 3.8) is 0 Å². The molecule has 0 fully saturated rings. The lowest BCUT2D eigenvalue weighted by molar-refractivity contribution is -0.387. The summed E-state index contributed by atoms with van der Waals surface area (Å²) in [5.41, 5.74) is -0.479. The van der Waals surface area contributed by atoms with E-state index in [9.17, 15) is 27.7 Å². The van der Waals surface area contributed by atoms with E-state index in [2.05, 4.69) is 5.32 Å². The third kappa shape index (κ3) is 4.81. The van der Waals surface area contributed by atoms with Crippen LogP contribution in [-0.4, -0.2) is 26.3 Å². The van der Waals surface area contributed by atoms with Gasteiger partial charge in [0.15, 0.2) is 0 Å². The van der Waals surface area contributed by atoms with Gasteiger partial charge in [-0.3, -0.25) is 19.2 Å². The highest BCUT2D eigenvalue weighted by Gasteiger charge is 2.23. The second-order valence-electron chi connectivity index (χ2n) is 6.36. The number of anilines is 2. The highest BCUT2D eigenvalue weighted by molar-refractivity contribution is 7.92. The average molecular weight is 464 g/mol. The van der Waals surface area contributed by atoms with Crippen LogP contribution in [0.5, 0.6) is 0 Å². The number of hydrogen-bond acceptors (Lipinski definition) is 5. The van der Waals surface area contributed by atoms with E-state index in [1.54, 1.807) is 18.2 Å². The molecular weight excluding hydrogens is 449 g/mol. The van der Waals surface area contributed by atoms with Crippen molar-refractivity contribution in [3.05, 3.63) is 93.2 Å². The Balaban J connectivity index is 1.88. The molecule has 8 nitrogen and oxygen atoms in total. The van der Waals surface area contributed by atoms with Gasteiger partial charge in [0.25, 0.3) is 15.9 Å². The first kappa shape index (κ1) is 22.2. The van der Waals surface area contributed by atoms with Crippen LogP contribution in [0.2, 0.25) is 5.02 Å². The third-order valence-corrected chi connectivity index (χ3v) is 6.34. The number of carbonyl (C=O) groups is 1. The van der Waals surface area contributed by atoms with E-state index < -0.39 is 32.4 Å². The molecule has 11 heteroatoms. The highest BCUT2D eigenvalue weighted by atomic mass is 35.5. The van der Waals surface area contributed by atoms with Crippen LogP contribution in [0.1, 0.15) is 10.4 Å². The van der Waals surface area contributed by atoms with E-state index in [0.29, 0.717) is 10.7 Å². The molecule has 0 aliphatic carbocycles. The molecule has 0 atom stereocenters. The first-order valence-electron chi connectivity index (χ1n) is 8.69. The van der Waals surface area contributed by atoms with Crippen LogP contribution >= 0.6 is 11.6 Å². The quantitative estimate of drug-likeness (QED) is 0.428. The Hall–Kier alpha value is -3.50. The van der Waals surface area contributed by atoms with Crippen molar-refractivity contribution >= 4 is 44.6 Å². The first-order chi connectivity index (χ1) is 14.6. The molecule has 160 valence electrons. The molecule has 1 amide bonds. The molecule has 0 aliphatic heterocycles. The molecule has 0 heterocycles. The Labute approximate surface area is 182 Å². The lowest BCUT2D eigenvalue weighted by Crippen LogP contribution is -2.26. The van der Waals surface area contributed by atoms with Gasteiger partial charge in [-0.05, 0) is 48.5 Å². The molecule has 3 rings (SSSR count). The van der Waals surface area contributed by atoms with E-state index in [0.717, 1.165) is 22.5 Å². The van der Waals surface area contributed by atoms with Crippen molar-refractivity contribution in [2.45, 2.75) is 4.90 Å². The summed E-state index contributed by atoms with van der Waals surface area (Å²) >= 11 is 5.93. The van der Waals surface area contributed by atoms with Crippen LogP contribution in [0.4, 0.5) is 21.5 Å². The minimum Gasteiger partial charge on any atom is -0.322 e. The minimum absolute atomic E-state index is 0.00690. The zero-order valence-corrected chi connectivity index (χ0v) is 17.5. The fourth-order valence-corrected chi connectivity index (χ4v) is 4.12. The number of benzene rings is 3. The Morgan fingerprint density at radius 3 is 2.48 bits per heavy atom. The van der Waals surface area contributed by atoms with Crippen molar-refractivity contribution in [1.29, 1.82) is 0 Å². The van der Waals surface area contributed by atoms with Gasteiger partial charge < -0.3 is 5.32 Å². The molecule has 3 aromatic carbocycles. The number of amides is 1. The normalized spacial score (nSPS) is 11.1. The number of rotatable bonds is 6. The van der Waals surface area contributed by atoms with Crippen LogP contribution < -0.4 is 9.62 Å². The van der Waals surface area contributed by atoms with Gasteiger partial charge in [0.05, 0.1) is 15.5 Å². The standard InChI is InChI=1S/C20H15ClFN3O5S/c1-24(16-6-3-5-14(21)11-16)31(29,30)17-7-2-4-13(10-17)20(26)23-15-8-9-18(22)19(12-15)25(27)28/h2-12H,1H3,(H,23,26). The summed E-state index contributed by atoms with van der Waals surface area (Å²) in [7, 11) is -2.65. The molecule has 0 saturated carbocycles. The van der Waals surface area contributed by atoms with Gasteiger partial charge in [0, 0.05) is 29.4 Å². The summed E-state index contributed by atoms with van der Waals surface area (Å²) in [6.45, 7) is 0. The summed E-state index contributed by atoms with van der Waals surface area (Å²) in [5.74, 6) is -1.76. The van der Waals surface area contributed by atoms with Gasteiger partial charge in [0.1, 0.15) is 0 Å². The van der Waals surface area contributed by atoms with Gasteiger partial charge in [0.2, 0.25) is 5.82 Å². The molecule has 3 aromatic rings. The molecule has 0 saturated heterocycles. The fraction of sp³-hybridized carbons (Fsp3) is 0.0500. The largest absolute Gasteiger partial charge is 0.322 e. The number of sulfonamides is 1. The number of nitro benzene ring substituents is 1. The molecule has 0 spiro atoms. The van der Waals surface area contributed by atoms with E-state index in [-0.39, 0.29) is 16.1 Å². The summed E-state index contributed by atoms with van der Waals surface area (Å²) in [6.07, 6.45) is 0. The zero-order valence-electron chi connectivity index (χ0n) is 16.0. The predicted molar refractivity (Wildman–Crippen MR) is 114 cm³/mol. The van der Waals surface area contributed by atoms with E-state index in [1.807, 2.05) is 0 Å². The summed E-state index contributed by atoms with van der Waals surface area (Å²) in [6, 6.07) is 14.4. The molecule has 0 aromatic heterocycles. The summed E-state index contributed by atoms with van der Waals surface area (Å²) in [5, 5.41) is 13.6. The van der Waals surface area contributed by atoms with E-state index >= 15 is 0 Å². The van der Waals surface area contributed by atoms with Crippen molar-refractivity contribution in [2.75, 3.05) is 16.7 Å². The van der Waals surface area contributed by atoms with Crippen molar-refractivity contribution < 1.29 is 22.5 Å². The first-order valence-corrected chi connectivity index (χ1v) is 10.5. The number of nitrogens with one attached hydrogen (secondary N) is 1. The monoisotopic (exact) mass is 463 g/mol. The van der Waals surface area contributed by atoms with Gasteiger partial charge in [-0.1, -0.05) is 23.7 Å². The number of nitro groups is 1. The smallest absolute Gasteiger partial charge is 0.306 e. The lowest BCUT2D eigenvalue weighted by atomic mass is 10.2. The van der Waals surface area contributed by atoms with Crippen LogP contribution in [-0.2, 0) is 10.0 Å². The topological polar surface area (TPSA) is 110 Å². The summed E-state index contributed by atoms with van der Waals surface area (Å²) in [4.78, 5) is 22.3. The van der Waals surface area contributed by atoms with Crippen LogP contribution in [0.25, 0.3) is 0 Å². The minimum atomic E-state index is -4.01. The van der Waals surface area contributed by atoms with Crippen LogP contribution in [0, 0.1) is 15.9 Å². The van der Waals surface area contributed by atoms with Gasteiger partial charge in [-0.15, -0.1) is 0 Å². The Morgan fingerprint density at radius 2 is 1.81 bits per heavy atom. The maximum atomic E-state index is 13.5. The van der Waals surface area contributed by atoms with Gasteiger partial charge in [-0.2, -0.15) is 4.39 Å². The average Bonchev–Trinajstić information content (AvgIpc) is 2.74. The van der Waals surface area contributed by atoms with E-state index in [1.165, 1.54) is 37.4 Å². The lowest BCUT2D eigenvalue weighted by Gasteiger charge is -2.20. The van der Waals surface area contributed by atoms with Gasteiger partial charge >= 0.3 is 5.69 Å². The predicted octanol–water partition coefficient (Wildman–Crippen LogP) is 4.46. The van der Waals surface area contributed by atoms with Crippen molar-refractivity contribution in [1.82, 2.24) is 0 Å². The zero-order chi connectivity index (χ0) is 22.8. The van der Waals surface area contributed by atoms with Crippen LogP contribution in [0.15, 0.2) is 71.6 Å². The summed E-state index contributed by atoms with van der Waals surface area (Å²) < 4.78 is 40.4. The second kappa shape index (κ2) is 8.70. The molecule has 0 unspecified atom stereocenters. The number of hydrogen-bond donors (Lipinski definition) is 1. The molecule has 0 aliphatic rings. The molecular formula is C20H15ClFN3O5S. The van der Waals surface area contributed by atoms with E-state index in [4.69, 9.17) is 11.6 Å². The molecule has 1 N–H and O–H groups in total. The number of nitrogens with zero attached hydrogens (tertiary/aromatic N) is 2. The third-order valence-electron chi connectivity index (χ3n) is 4.33. The Bertz CT molecular complexity index is 1280.